The Morgan fingerprint density at radius 3 is 2.17 bits per heavy atom. The van der Waals surface area contributed by atoms with Gasteiger partial charge in [-0.25, -0.2) is 17.6 Å². The zero-order valence-electron chi connectivity index (χ0n) is 22.1. The Hall–Kier alpha value is -3.28. The van der Waals surface area contributed by atoms with Crippen molar-refractivity contribution in [1.82, 2.24) is 4.31 Å². The van der Waals surface area contributed by atoms with Crippen LogP contribution in [-0.2, 0) is 27.8 Å². The largest absolute Gasteiger partial charge is 0.462 e. The van der Waals surface area contributed by atoms with Crippen LogP contribution in [0, 0.1) is 5.82 Å². The fourth-order valence-electron chi connectivity index (χ4n) is 3.96. The summed E-state index contributed by atoms with van der Waals surface area (Å²) in [5.74, 6) is -2.30. The molecule has 4 aromatic carbocycles. The lowest BCUT2D eigenvalue weighted by atomic mass is 10.1. The molecule has 0 aliphatic heterocycles. The molecule has 42 heavy (non-hydrogen) atoms. The molecule has 4 aromatic rings. The van der Waals surface area contributed by atoms with Crippen LogP contribution in [-0.4, -0.2) is 31.2 Å². The van der Waals surface area contributed by atoms with Gasteiger partial charge in [-0.1, -0.05) is 69.5 Å². The molecule has 0 aromatic heterocycles. The first-order chi connectivity index (χ1) is 20.0. The highest BCUT2D eigenvalue weighted by Gasteiger charge is 2.27. The summed E-state index contributed by atoms with van der Waals surface area (Å²) in [5.41, 5.74) is 1.27. The zero-order valence-corrected chi connectivity index (χ0v) is 26.0. The van der Waals surface area contributed by atoms with Crippen LogP contribution in [0.5, 0.6) is 0 Å². The molecule has 7 nitrogen and oxygen atoms in total. The predicted molar refractivity (Wildman–Crippen MR) is 164 cm³/mol. The Bertz CT molecular complexity index is 1720. The van der Waals surface area contributed by atoms with Crippen LogP contribution in [0.4, 0.5) is 10.1 Å². The summed E-state index contributed by atoms with van der Waals surface area (Å²) in [7, 11) is -4.27. The number of hydrogen-bond acceptors (Lipinski definition) is 5. The highest BCUT2D eigenvalue weighted by molar-refractivity contribution is 9.10. The standard InChI is InChI=1S/C30H24BrCl2FN2O5S/c1-2-41-30(38)21-10-6-19(7-11-21)17-36(18-20-8-12-22(31)13-9-20)42(39,40)23-14-15-26(34)24(16-23)29(37)35-27-5-3-4-25(32)28(27)33/h3-16H,2,17-18H2,1H3,(H,35,37). The number of amides is 1. The number of carbonyl (C=O) groups is 2. The third kappa shape index (κ3) is 7.56. The lowest BCUT2D eigenvalue weighted by Crippen LogP contribution is -2.30. The van der Waals surface area contributed by atoms with Crippen molar-refractivity contribution in [3.05, 3.63) is 128 Å². The number of sulfonamides is 1. The van der Waals surface area contributed by atoms with Crippen LogP contribution in [0.25, 0.3) is 0 Å². The Kier molecular flexibility index (Phi) is 10.4. The van der Waals surface area contributed by atoms with Crippen molar-refractivity contribution < 1.29 is 27.1 Å². The van der Waals surface area contributed by atoms with Gasteiger partial charge in [-0.05, 0) is 72.6 Å². The van der Waals surface area contributed by atoms with Crippen molar-refractivity contribution in [2.45, 2.75) is 24.9 Å². The average molecular weight is 694 g/mol. The van der Waals surface area contributed by atoms with Crippen LogP contribution in [0.3, 0.4) is 0 Å². The topological polar surface area (TPSA) is 92.8 Å². The molecule has 0 fully saturated rings. The molecule has 0 saturated carbocycles. The molecule has 0 radical (unpaired) electrons. The van der Waals surface area contributed by atoms with E-state index < -0.39 is 33.3 Å². The van der Waals surface area contributed by atoms with Gasteiger partial charge < -0.3 is 10.1 Å². The summed E-state index contributed by atoms with van der Waals surface area (Å²) in [4.78, 5) is 24.8. The molecule has 0 aliphatic rings. The number of ether oxygens (including phenoxy) is 1. The molecule has 218 valence electrons. The number of nitrogens with zero attached hydrogens (tertiary/aromatic N) is 1. The summed E-state index contributed by atoms with van der Waals surface area (Å²) in [6.45, 7) is 1.84. The van der Waals surface area contributed by atoms with Crippen LogP contribution >= 0.6 is 39.1 Å². The number of rotatable bonds is 10. The minimum Gasteiger partial charge on any atom is -0.462 e. The number of hydrogen-bond donors (Lipinski definition) is 1. The Morgan fingerprint density at radius 2 is 1.55 bits per heavy atom. The second-order valence-electron chi connectivity index (χ2n) is 9.01. The van der Waals surface area contributed by atoms with Crippen molar-refractivity contribution in [1.29, 1.82) is 0 Å². The highest BCUT2D eigenvalue weighted by Crippen LogP contribution is 2.30. The maximum Gasteiger partial charge on any atom is 0.338 e. The van der Waals surface area contributed by atoms with Crippen molar-refractivity contribution in [3.63, 3.8) is 0 Å². The number of anilines is 1. The molecule has 0 bridgehead atoms. The van der Waals surface area contributed by atoms with Gasteiger partial charge in [0.15, 0.2) is 0 Å². The lowest BCUT2D eigenvalue weighted by Gasteiger charge is -2.23. The third-order valence-corrected chi connectivity index (χ3v) is 9.25. The van der Waals surface area contributed by atoms with E-state index in [0.29, 0.717) is 16.7 Å². The van der Waals surface area contributed by atoms with E-state index in [4.69, 9.17) is 27.9 Å². The van der Waals surface area contributed by atoms with Gasteiger partial charge >= 0.3 is 5.97 Å². The molecule has 1 amide bonds. The van der Waals surface area contributed by atoms with Gasteiger partial charge in [-0.3, -0.25) is 4.79 Å². The fourth-order valence-corrected chi connectivity index (χ4v) is 6.02. The monoisotopic (exact) mass is 692 g/mol. The van der Waals surface area contributed by atoms with Gasteiger partial charge in [0.25, 0.3) is 5.91 Å². The fraction of sp³-hybridized carbons (Fsp3) is 0.133. The van der Waals surface area contributed by atoms with Gasteiger partial charge in [0.2, 0.25) is 10.0 Å². The molecule has 12 heteroatoms. The average Bonchev–Trinajstić information content (AvgIpc) is 2.96. The maximum absolute atomic E-state index is 14.8. The van der Waals surface area contributed by atoms with Gasteiger partial charge in [-0.2, -0.15) is 4.31 Å². The van der Waals surface area contributed by atoms with E-state index in [1.165, 1.54) is 16.4 Å². The lowest BCUT2D eigenvalue weighted by molar-refractivity contribution is 0.0526. The molecule has 0 unspecified atom stereocenters. The number of carbonyl (C=O) groups excluding carboxylic acids is 2. The van der Waals surface area contributed by atoms with Crippen LogP contribution in [0.2, 0.25) is 10.0 Å². The third-order valence-electron chi connectivity index (χ3n) is 6.12. The van der Waals surface area contributed by atoms with Crippen LogP contribution in [0.15, 0.2) is 94.3 Å². The second kappa shape index (κ2) is 13.8. The normalized spacial score (nSPS) is 11.4. The second-order valence-corrected chi connectivity index (χ2v) is 12.7. The quantitative estimate of drug-likeness (QED) is 0.172. The van der Waals surface area contributed by atoms with Crippen LogP contribution < -0.4 is 5.32 Å². The van der Waals surface area contributed by atoms with Gasteiger partial charge in [0.05, 0.1) is 38.4 Å². The van der Waals surface area contributed by atoms with Crippen molar-refractivity contribution >= 4 is 66.7 Å². The Balaban J connectivity index is 1.67. The van der Waals surface area contributed by atoms with Gasteiger partial charge in [0, 0.05) is 17.6 Å². The molecule has 4 rings (SSSR count). The molecule has 0 aliphatic carbocycles. The predicted octanol–water partition coefficient (Wildman–Crippen LogP) is 7.72. The van der Waals surface area contributed by atoms with E-state index in [1.54, 1.807) is 61.5 Å². The highest BCUT2D eigenvalue weighted by atomic mass is 79.9. The van der Waals surface area contributed by atoms with Gasteiger partial charge in [-0.15, -0.1) is 0 Å². The molecular weight excluding hydrogens is 670 g/mol. The molecule has 0 saturated heterocycles. The number of esters is 1. The van der Waals surface area contributed by atoms with E-state index >= 15 is 0 Å². The SMILES string of the molecule is CCOC(=O)c1ccc(CN(Cc2ccc(Br)cc2)S(=O)(=O)c2ccc(F)c(C(=O)Nc3cccc(Cl)c3Cl)c2)cc1. The number of benzene rings is 4. The van der Waals surface area contributed by atoms with Crippen molar-refractivity contribution in [2.24, 2.45) is 0 Å². The first-order valence-electron chi connectivity index (χ1n) is 12.5. The van der Waals surface area contributed by atoms with Crippen molar-refractivity contribution in [3.8, 4) is 0 Å². The Labute approximate surface area is 261 Å². The molecule has 0 heterocycles. The number of halogens is 4. The minimum atomic E-state index is -4.27. The molecule has 0 atom stereocenters. The smallest absolute Gasteiger partial charge is 0.338 e. The summed E-state index contributed by atoms with van der Waals surface area (Å²) >= 11 is 15.5. The maximum atomic E-state index is 14.8. The molecule has 0 spiro atoms. The van der Waals surface area contributed by atoms with E-state index in [0.717, 1.165) is 22.7 Å². The number of nitrogens with one attached hydrogen (secondary N) is 1. The van der Waals surface area contributed by atoms with E-state index in [-0.39, 0.29) is 40.3 Å². The first-order valence-corrected chi connectivity index (χ1v) is 15.5. The van der Waals surface area contributed by atoms with Crippen LogP contribution in [0.1, 0.15) is 38.8 Å². The molecular formula is C30H24BrCl2FN2O5S. The molecule has 1 N–H and O–H groups in total. The van der Waals surface area contributed by atoms with E-state index in [2.05, 4.69) is 21.2 Å². The summed E-state index contributed by atoms with van der Waals surface area (Å²) in [6, 6.07) is 21.1. The van der Waals surface area contributed by atoms with E-state index in [9.17, 15) is 22.4 Å². The summed E-state index contributed by atoms with van der Waals surface area (Å²) in [6.07, 6.45) is 0. The zero-order chi connectivity index (χ0) is 30.4. The minimum absolute atomic E-state index is 0.0216. The summed E-state index contributed by atoms with van der Waals surface area (Å²) in [5, 5.41) is 2.73. The van der Waals surface area contributed by atoms with Crippen molar-refractivity contribution in [2.75, 3.05) is 11.9 Å². The summed E-state index contributed by atoms with van der Waals surface area (Å²) < 4.78 is 49.8. The Morgan fingerprint density at radius 1 is 0.929 bits per heavy atom. The van der Waals surface area contributed by atoms with Gasteiger partial charge in [0.1, 0.15) is 5.82 Å². The van der Waals surface area contributed by atoms with E-state index in [1.807, 2.05) is 0 Å². The first kappa shape index (κ1) is 31.7.